The highest BCUT2D eigenvalue weighted by Gasteiger charge is 2.24. The van der Waals surface area contributed by atoms with E-state index < -0.39 is 0 Å². The first-order valence-corrected chi connectivity index (χ1v) is 8.25. The highest BCUT2D eigenvalue weighted by Crippen LogP contribution is 2.25. The first kappa shape index (κ1) is 17.3. The van der Waals surface area contributed by atoms with Crippen LogP contribution >= 0.6 is 0 Å². The van der Waals surface area contributed by atoms with Gasteiger partial charge in [0.1, 0.15) is 0 Å². The van der Waals surface area contributed by atoms with Crippen LogP contribution in [0.2, 0.25) is 0 Å². The van der Waals surface area contributed by atoms with E-state index in [9.17, 15) is 5.11 Å². The Balaban J connectivity index is 2.41. The predicted molar refractivity (Wildman–Crippen MR) is 86.0 cm³/mol. The molecule has 0 saturated heterocycles. The van der Waals surface area contributed by atoms with E-state index in [2.05, 4.69) is 43.3 Å². The maximum Gasteiger partial charge on any atom is 0.191 e. The lowest BCUT2D eigenvalue weighted by atomic mass is 10.0. The Hall–Kier alpha value is -0.770. The Kier molecular flexibility index (Phi) is 7.97. The molecule has 0 aromatic carbocycles. The molecule has 0 aliphatic heterocycles. The first-order valence-electron chi connectivity index (χ1n) is 8.25. The summed E-state index contributed by atoms with van der Waals surface area (Å²) in [5.74, 6) is 1.98. The van der Waals surface area contributed by atoms with E-state index >= 15 is 0 Å². The molecule has 0 aromatic rings. The second-order valence-electron chi connectivity index (χ2n) is 6.49. The second-order valence-corrected chi connectivity index (χ2v) is 6.49. The van der Waals surface area contributed by atoms with E-state index in [4.69, 9.17) is 0 Å². The monoisotopic (exact) mass is 283 g/mol. The zero-order valence-corrected chi connectivity index (χ0v) is 13.7. The Morgan fingerprint density at radius 1 is 1.25 bits per heavy atom. The SMILES string of the molecule is CCNC(=NCC1CCCC1O)NC(C)CCC(C)C. The van der Waals surface area contributed by atoms with Crippen molar-refractivity contribution in [2.75, 3.05) is 13.1 Å². The fourth-order valence-electron chi connectivity index (χ4n) is 2.65. The highest BCUT2D eigenvalue weighted by molar-refractivity contribution is 5.80. The zero-order valence-electron chi connectivity index (χ0n) is 13.7. The second kappa shape index (κ2) is 9.22. The van der Waals surface area contributed by atoms with Crippen molar-refractivity contribution in [3.63, 3.8) is 0 Å². The molecule has 0 bridgehead atoms. The first-order chi connectivity index (χ1) is 9.52. The van der Waals surface area contributed by atoms with E-state index in [1.165, 1.54) is 6.42 Å². The van der Waals surface area contributed by atoms with Gasteiger partial charge < -0.3 is 15.7 Å². The third-order valence-electron chi connectivity index (χ3n) is 4.01. The molecule has 4 heteroatoms. The summed E-state index contributed by atoms with van der Waals surface area (Å²) in [6.45, 7) is 10.4. The third-order valence-corrected chi connectivity index (χ3v) is 4.01. The molecule has 0 radical (unpaired) electrons. The quantitative estimate of drug-likeness (QED) is 0.497. The van der Waals surface area contributed by atoms with Crippen LogP contribution in [-0.2, 0) is 0 Å². The summed E-state index contributed by atoms with van der Waals surface area (Å²) in [7, 11) is 0. The molecule has 3 N–H and O–H groups in total. The van der Waals surface area contributed by atoms with Crippen LogP contribution in [0.3, 0.4) is 0 Å². The summed E-state index contributed by atoms with van der Waals surface area (Å²) in [6, 6.07) is 0.434. The maximum absolute atomic E-state index is 9.85. The minimum absolute atomic E-state index is 0.153. The molecule has 1 rings (SSSR count). The number of nitrogens with one attached hydrogen (secondary N) is 2. The fourth-order valence-corrected chi connectivity index (χ4v) is 2.65. The number of aliphatic imine (C=N–C) groups is 1. The van der Waals surface area contributed by atoms with Gasteiger partial charge in [0.2, 0.25) is 0 Å². The van der Waals surface area contributed by atoms with Crippen molar-refractivity contribution in [2.24, 2.45) is 16.8 Å². The van der Waals surface area contributed by atoms with Gasteiger partial charge in [0.05, 0.1) is 6.10 Å². The average Bonchev–Trinajstić information content (AvgIpc) is 2.79. The van der Waals surface area contributed by atoms with Crippen LogP contribution in [0, 0.1) is 11.8 Å². The smallest absolute Gasteiger partial charge is 0.191 e. The molecule has 0 amide bonds. The molecule has 118 valence electrons. The Morgan fingerprint density at radius 3 is 2.55 bits per heavy atom. The van der Waals surface area contributed by atoms with Crippen molar-refractivity contribution >= 4 is 5.96 Å². The molecule has 4 nitrogen and oxygen atoms in total. The van der Waals surface area contributed by atoms with Gasteiger partial charge >= 0.3 is 0 Å². The number of aliphatic hydroxyl groups is 1. The minimum Gasteiger partial charge on any atom is -0.393 e. The number of hydrogen-bond acceptors (Lipinski definition) is 2. The number of hydrogen-bond donors (Lipinski definition) is 3. The number of nitrogens with zero attached hydrogens (tertiary/aromatic N) is 1. The summed E-state index contributed by atoms with van der Waals surface area (Å²) < 4.78 is 0. The van der Waals surface area contributed by atoms with E-state index in [-0.39, 0.29) is 6.10 Å². The number of aliphatic hydroxyl groups excluding tert-OH is 1. The van der Waals surface area contributed by atoms with Crippen LogP contribution in [0.5, 0.6) is 0 Å². The lowest BCUT2D eigenvalue weighted by Gasteiger charge is -2.19. The van der Waals surface area contributed by atoms with Crippen LogP contribution in [0.15, 0.2) is 4.99 Å². The number of rotatable bonds is 7. The van der Waals surface area contributed by atoms with Gasteiger partial charge in [0.25, 0.3) is 0 Å². The summed E-state index contributed by atoms with van der Waals surface area (Å²) >= 11 is 0. The van der Waals surface area contributed by atoms with Crippen LogP contribution in [-0.4, -0.2) is 36.3 Å². The van der Waals surface area contributed by atoms with Gasteiger partial charge in [-0.2, -0.15) is 0 Å². The van der Waals surface area contributed by atoms with Crippen molar-refractivity contribution in [3.8, 4) is 0 Å². The molecule has 0 heterocycles. The fraction of sp³-hybridized carbons (Fsp3) is 0.938. The standard InChI is InChI=1S/C16H33N3O/c1-5-17-16(19-13(4)10-9-12(2)3)18-11-14-7-6-8-15(14)20/h12-15,20H,5-11H2,1-4H3,(H2,17,18,19). The Labute approximate surface area is 124 Å². The normalized spacial score (nSPS) is 25.0. The van der Waals surface area contributed by atoms with Gasteiger partial charge in [-0.25, -0.2) is 0 Å². The molecular weight excluding hydrogens is 250 g/mol. The lowest BCUT2D eigenvalue weighted by molar-refractivity contribution is 0.136. The van der Waals surface area contributed by atoms with E-state index in [0.717, 1.165) is 50.7 Å². The van der Waals surface area contributed by atoms with Gasteiger partial charge in [-0.05, 0) is 45.4 Å². The van der Waals surface area contributed by atoms with Crippen LogP contribution in [0.1, 0.15) is 59.8 Å². The third kappa shape index (κ3) is 6.60. The van der Waals surface area contributed by atoms with Gasteiger partial charge in [-0.3, -0.25) is 4.99 Å². The van der Waals surface area contributed by atoms with Gasteiger partial charge in [0, 0.05) is 25.0 Å². The molecule has 20 heavy (non-hydrogen) atoms. The van der Waals surface area contributed by atoms with Crippen molar-refractivity contribution < 1.29 is 5.11 Å². The van der Waals surface area contributed by atoms with E-state index in [1.54, 1.807) is 0 Å². The van der Waals surface area contributed by atoms with Crippen LogP contribution in [0.4, 0.5) is 0 Å². The summed E-state index contributed by atoms with van der Waals surface area (Å²) in [4.78, 5) is 4.65. The van der Waals surface area contributed by atoms with Crippen molar-refractivity contribution in [1.82, 2.24) is 10.6 Å². The van der Waals surface area contributed by atoms with Crippen molar-refractivity contribution in [3.05, 3.63) is 0 Å². The average molecular weight is 283 g/mol. The largest absolute Gasteiger partial charge is 0.393 e. The summed E-state index contributed by atoms with van der Waals surface area (Å²) in [5.41, 5.74) is 0. The molecule has 0 spiro atoms. The topological polar surface area (TPSA) is 56.7 Å². The van der Waals surface area contributed by atoms with Gasteiger partial charge in [-0.15, -0.1) is 0 Å². The minimum atomic E-state index is -0.153. The van der Waals surface area contributed by atoms with Gasteiger partial charge in [0.15, 0.2) is 5.96 Å². The molecule has 3 unspecified atom stereocenters. The highest BCUT2D eigenvalue weighted by atomic mass is 16.3. The molecular formula is C16H33N3O. The van der Waals surface area contributed by atoms with Crippen LogP contribution in [0.25, 0.3) is 0 Å². The van der Waals surface area contributed by atoms with Crippen molar-refractivity contribution in [1.29, 1.82) is 0 Å². The Morgan fingerprint density at radius 2 is 2.00 bits per heavy atom. The summed E-state index contributed by atoms with van der Waals surface area (Å²) in [6.07, 6.45) is 5.42. The van der Waals surface area contributed by atoms with E-state index in [1.807, 2.05) is 0 Å². The van der Waals surface area contributed by atoms with Crippen LogP contribution < -0.4 is 10.6 Å². The molecule has 3 atom stereocenters. The molecule has 1 fully saturated rings. The zero-order chi connectivity index (χ0) is 15.0. The lowest BCUT2D eigenvalue weighted by Crippen LogP contribution is -2.42. The van der Waals surface area contributed by atoms with Crippen molar-refractivity contribution in [2.45, 2.75) is 71.9 Å². The Bertz CT molecular complexity index is 291. The number of guanidine groups is 1. The van der Waals surface area contributed by atoms with E-state index in [0.29, 0.717) is 12.0 Å². The van der Waals surface area contributed by atoms with Gasteiger partial charge in [-0.1, -0.05) is 20.3 Å². The maximum atomic E-state index is 9.85. The predicted octanol–water partition coefficient (Wildman–Crippen LogP) is 2.53. The summed E-state index contributed by atoms with van der Waals surface area (Å²) in [5, 5.41) is 16.6. The molecule has 1 aliphatic rings. The molecule has 0 aromatic heterocycles. The molecule has 1 aliphatic carbocycles. The molecule has 1 saturated carbocycles.